The number of benzene rings is 6. The minimum atomic E-state index is -0.0348. The van der Waals surface area contributed by atoms with Gasteiger partial charge in [-0.15, -0.1) is 0 Å². The lowest BCUT2D eigenvalue weighted by Crippen LogP contribution is -2.35. The Bertz CT molecular complexity index is 3030. The van der Waals surface area contributed by atoms with Crippen LogP contribution in [-0.2, 0) is 10.8 Å². The highest BCUT2D eigenvalue weighted by atomic mass is 15.0. The normalized spacial score (nSPS) is 21.0. The summed E-state index contributed by atoms with van der Waals surface area (Å²) in [7, 11) is 0. The number of hydrogen-bond acceptors (Lipinski definition) is 3. The van der Waals surface area contributed by atoms with Crippen LogP contribution in [0.2, 0.25) is 0 Å². The van der Waals surface area contributed by atoms with Gasteiger partial charge in [-0.25, -0.2) is 15.0 Å². The van der Waals surface area contributed by atoms with Crippen molar-refractivity contribution in [2.75, 3.05) is 0 Å². The minimum absolute atomic E-state index is 0.0348. The number of nitrogens with zero attached hydrogens (tertiary/aromatic N) is 3. The van der Waals surface area contributed by atoms with E-state index in [0.717, 1.165) is 34.2 Å². The van der Waals surface area contributed by atoms with E-state index in [-0.39, 0.29) is 10.8 Å². The van der Waals surface area contributed by atoms with Gasteiger partial charge in [-0.3, -0.25) is 0 Å². The van der Waals surface area contributed by atoms with Gasteiger partial charge in [0.1, 0.15) is 0 Å². The number of fused-ring (bicyclic) bond motifs is 8. The maximum Gasteiger partial charge on any atom is 0.164 e. The summed E-state index contributed by atoms with van der Waals surface area (Å²) in [5, 5.41) is 0. The summed E-state index contributed by atoms with van der Waals surface area (Å²) in [5.74, 6) is 3.39. The number of aromatic nitrogens is 3. The third-order valence-electron chi connectivity index (χ3n) is 15.2. The average molecular weight is 814 g/mol. The zero-order valence-electron chi connectivity index (χ0n) is 36.1. The summed E-state index contributed by atoms with van der Waals surface area (Å²) < 4.78 is 0. The van der Waals surface area contributed by atoms with E-state index < -0.39 is 0 Å². The van der Waals surface area contributed by atoms with Crippen LogP contribution in [0.3, 0.4) is 0 Å². The molecule has 0 amide bonds. The fourth-order valence-electron chi connectivity index (χ4n) is 11.9. The lowest BCUT2D eigenvalue weighted by molar-refractivity contribution is 0.233. The Hall–Kier alpha value is -6.71. The summed E-state index contributed by atoms with van der Waals surface area (Å²) in [4.78, 5) is 15.1. The smallest absolute Gasteiger partial charge is 0.164 e. The van der Waals surface area contributed by atoms with Gasteiger partial charge in [-0.05, 0) is 98.5 Å². The fraction of sp³-hybridized carbons (Fsp3) is 0.217. The third kappa shape index (κ3) is 6.35. The standard InChI is InChI=1S/C60H51N3/c1-59(2)52-32-31-46(36-49(52)51-38-55-50(37-54(51)59)48-21-10-11-22-53(48)60(55)33-12-5-13-34-60)42-25-23-41(24-26-42)45-19-14-20-47(35-45)58-62-56(43-17-8-4-9-18-43)61-57(63-58)44-29-27-40(28-30-44)39-15-6-3-7-16-39/h3-4,6-11,14-15,17-32,35-39,50,55H,5,12-13,16,33-34H2,1-2H3. The first-order chi connectivity index (χ1) is 30.9. The van der Waals surface area contributed by atoms with Crippen molar-refractivity contribution in [3.63, 3.8) is 0 Å². The third-order valence-corrected chi connectivity index (χ3v) is 15.2. The summed E-state index contributed by atoms with van der Waals surface area (Å²) >= 11 is 0. The molecule has 63 heavy (non-hydrogen) atoms. The van der Waals surface area contributed by atoms with Crippen LogP contribution in [0.4, 0.5) is 0 Å². The maximum absolute atomic E-state index is 5.09. The van der Waals surface area contributed by atoms with Crippen molar-refractivity contribution in [3.8, 4) is 56.4 Å². The summed E-state index contributed by atoms with van der Waals surface area (Å²) in [6, 6.07) is 53.3. The molecular formula is C60H51N3. The summed E-state index contributed by atoms with van der Waals surface area (Å²) in [5.41, 5.74) is 18.3. The molecule has 12 rings (SSSR count). The molecular weight excluding hydrogens is 763 g/mol. The highest BCUT2D eigenvalue weighted by Gasteiger charge is 2.53. The monoisotopic (exact) mass is 813 g/mol. The van der Waals surface area contributed by atoms with Crippen LogP contribution in [0.1, 0.15) is 92.0 Å². The fourth-order valence-corrected chi connectivity index (χ4v) is 11.9. The van der Waals surface area contributed by atoms with Gasteiger partial charge in [0.15, 0.2) is 17.5 Å². The van der Waals surface area contributed by atoms with Gasteiger partial charge in [-0.1, -0.05) is 203 Å². The lowest BCUT2D eigenvalue weighted by atomic mass is 9.62. The molecule has 0 radical (unpaired) electrons. The molecule has 0 N–H and O–H groups in total. The highest BCUT2D eigenvalue weighted by molar-refractivity contribution is 5.93. The van der Waals surface area contributed by atoms with Crippen molar-refractivity contribution >= 4 is 5.57 Å². The number of hydrogen-bond donors (Lipinski definition) is 0. The van der Waals surface area contributed by atoms with Crippen molar-refractivity contribution in [1.82, 2.24) is 15.0 Å². The molecule has 0 bridgehead atoms. The zero-order chi connectivity index (χ0) is 42.1. The van der Waals surface area contributed by atoms with Crippen LogP contribution in [0.25, 0.3) is 62.0 Å². The van der Waals surface area contributed by atoms with Crippen molar-refractivity contribution in [2.45, 2.75) is 75.0 Å². The molecule has 3 heteroatoms. The van der Waals surface area contributed by atoms with Crippen molar-refractivity contribution < 1.29 is 0 Å². The molecule has 6 aromatic carbocycles. The molecule has 306 valence electrons. The SMILES string of the molecule is CC1(C)C2=CC3c4ccccc4C4(CCCCC4)C3C=C2c2cc(-c3ccc(-c4cccc(-c5nc(-c6ccccc6)nc(-c6ccc(C7C=CC=CC7)cc6)n5)c4)cc3)ccc21. The van der Waals surface area contributed by atoms with E-state index in [0.29, 0.717) is 35.2 Å². The second-order valence-electron chi connectivity index (χ2n) is 19.0. The first-order valence-corrected chi connectivity index (χ1v) is 23.1. The van der Waals surface area contributed by atoms with Crippen LogP contribution >= 0.6 is 0 Å². The van der Waals surface area contributed by atoms with Gasteiger partial charge in [0.05, 0.1) is 0 Å². The molecule has 5 aliphatic carbocycles. The van der Waals surface area contributed by atoms with Crippen molar-refractivity contribution in [2.24, 2.45) is 5.92 Å². The minimum Gasteiger partial charge on any atom is -0.208 e. The molecule has 3 nitrogen and oxygen atoms in total. The highest BCUT2D eigenvalue weighted by Crippen LogP contribution is 2.64. The van der Waals surface area contributed by atoms with E-state index >= 15 is 0 Å². The van der Waals surface area contributed by atoms with Crippen LogP contribution in [-0.4, -0.2) is 15.0 Å². The van der Waals surface area contributed by atoms with Crippen LogP contribution in [0.15, 0.2) is 188 Å². The van der Waals surface area contributed by atoms with E-state index in [1.807, 2.05) is 18.2 Å². The van der Waals surface area contributed by atoms with Gasteiger partial charge in [0.2, 0.25) is 0 Å². The molecule has 1 saturated carbocycles. The Kier molecular flexibility index (Phi) is 9.04. The van der Waals surface area contributed by atoms with E-state index in [1.54, 1.807) is 11.1 Å². The van der Waals surface area contributed by atoms with E-state index in [4.69, 9.17) is 15.0 Å². The Morgan fingerprint density at radius 1 is 0.508 bits per heavy atom. The van der Waals surface area contributed by atoms with Gasteiger partial charge in [0.25, 0.3) is 0 Å². The topological polar surface area (TPSA) is 38.7 Å². The van der Waals surface area contributed by atoms with E-state index in [9.17, 15) is 0 Å². The molecule has 1 fully saturated rings. The summed E-state index contributed by atoms with van der Waals surface area (Å²) in [6.45, 7) is 4.87. The van der Waals surface area contributed by atoms with Crippen LogP contribution in [0, 0.1) is 5.92 Å². The molecule has 3 unspecified atom stereocenters. The predicted octanol–water partition coefficient (Wildman–Crippen LogP) is 15.0. The zero-order valence-corrected chi connectivity index (χ0v) is 36.1. The van der Waals surface area contributed by atoms with Crippen LogP contribution in [0.5, 0.6) is 0 Å². The molecule has 5 aliphatic rings. The van der Waals surface area contributed by atoms with Gasteiger partial charge in [0, 0.05) is 39.4 Å². The van der Waals surface area contributed by atoms with E-state index in [1.165, 1.54) is 71.1 Å². The molecule has 1 spiro atoms. The average Bonchev–Trinajstić information content (AvgIpc) is 3.74. The first-order valence-electron chi connectivity index (χ1n) is 23.1. The summed E-state index contributed by atoms with van der Waals surface area (Å²) in [6.07, 6.45) is 21.9. The number of rotatable bonds is 6. The largest absolute Gasteiger partial charge is 0.208 e. The Balaban J connectivity index is 0.858. The van der Waals surface area contributed by atoms with Gasteiger partial charge < -0.3 is 0 Å². The van der Waals surface area contributed by atoms with Gasteiger partial charge >= 0.3 is 0 Å². The predicted molar refractivity (Wildman–Crippen MR) is 259 cm³/mol. The van der Waals surface area contributed by atoms with Crippen LogP contribution < -0.4 is 0 Å². The second kappa shape index (κ2) is 15.0. The lowest BCUT2D eigenvalue weighted by Gasteiger charge is -2.41. The molecule has 0 aliphatic heterocycles. The second-order valence-corrected chi connectivity index (χ2v) is 19.0. The van der Waals surface area contributed by atoms with Crippen molar-refractivity contribution in [1.29, 1.82) is 0 Å². The van der Waals surface area contributed by atoms with Crippen molar-refractivity contribution in [3.05, 3.63) is 215 Å². The molecule has 1 aromatic heterocycles. The number of allylic oxidation sites excluding steroid dienone is 8. The van der Waals surface area contributed by atoms with E-state index in [2.05, 4.69) is 178 Å². The Labute approximate surface area is 371 Å². The molecule has 0 saturated heterocycles. The molecule has 7 aromatic rings. The first kappa shape index (κ1) is 38.0. The maximum atomic E-state index is 5.09. The Morgan fingerprint density at radius 2 is 1.13 bits per heavy atom. The van der Waals surface area contributed by atoms with Gasteiger partial charge in [-0.2, -0.15) is 0 Å². The molecule has 1 heterocycles. The Morgan fingerprint density at radius 3 is 1.86 bits per heavy atom. The molecule has 3 atom stereocenters. The quantitative estimate of drug-likeness (QED) is 0.168.